The summed E-state index contributed by atoms with van der Waals surface area (Å²) < 4.78 is 30.2. The number of hydroxylamine groups is 1. The van der Waals surface area contributed by atoms with Crippen LogP contribution in [0.4, 0.5) is 5.69 Å². The topological polar surface area (TPSA) is 102 Å². The molecule has 0 heterocycles. The van der Waals surface area contributed by atoms with Gasteiger partial charge in [0.2, 0.25) is 0 Å². The zero-order valence-electron chi connectivity index (χ0n) is 16.9. The van der Waals surface area contributed by atoms with Gasteiger partial charge in [0.15, 0.2) is 6.10 Å². The normalized spacial score (nSPS) is 12.5. The van der Waals surface area contributed by atoms with Crippen molar-refractivity contribution in [2.45, 2.75) is 31.8 Å². The van der Waals surface area contributed by atoms with Gasteiger partial charge in [-0.15, -0.1) is 0 Å². The van der Waals surface area contributed by atoms with Gasteiger partial charge in [-0.25, -0.2) is 13.2 Å². The molecule has 0 aromatic heterocycles. The Labute approximate surface area is 170 Å². The number of hydrogen-bond donors (Lipinski definition) is 1. The van der Waals surface area contributed by atoms with Crippen LogP contribution in [-0.4, -0.2) is 45.0 Å². The minimum Gasteiger partial charge on any atom is -0.449 e. The van der Waals surface area contributed by atoms with Crippen molar-refractivity contribution < 1.29 is 27.6 Å². The number of hydrogen-bond acceptors (Lipinski definition) is 6. The highest BCUT2D eigenvalue weighted by molar-refractivity contribution is 7.89. The lowest BCUT2D eigenvalue weighted by Gasteiger charge is -2.16. The van der Waals surface area contributed by atoms with Gasteiger partial charge >= 0.3 is 5.97 Å². The lowest BCUT2D eigenvalue weighted by molar-refractivity contribution is -0.123. The fourth-order valence-corrected chi connectivity index (χ4v) is 3.37. The largest absolute Gasteiger partial charge is 0.449 e. The van der Waals surface area contributed by atoms with Gasteiger partial charge in [-0.2, -0.15) is 0 Å². The standard InChI is InChI=1S/C20H24N2O6S/c1-13-6-7-14(2)18(12-13)21-19(23)15(3)28-20(24)16-8-10-17(11-9-16)29(25,26)22(4)27-5/h6-12,15H,1-5H3,(H,21,23)/t15-/m0/s1. The molecule has 1 amide bonds. The molecule has 0 bridgehead atoms. The molecular weight excluding hydrogens is 396 g/mol. The maximum absolute atomic E-state index is 12.3. The lowest BCUT2D eigenvalue weighted by Crippen LogP contribution is -2.30. The van der Waals surface area contributed by atoms with Crippen molar-refractivity contribution in [3.63, 3.8) is 0 Å². The molecule has 0 aliphatic heterocycles. The molecule has 8 nitrogen and oxygen atoms in total. The summed E-state index contributed by atoms with van der Waals surface area (Å²) in [6, 6.07) is 10.8. The number of carbonyl (C=O) groups excluding carboxylic acids is 2. The SMILES string of the molecule is CON(C)S(=O)(=O)c1ccc(C(=O)O[C@@H](C)C(=O)Nc2cc(C)ccc2C)cc1. The molecule has 9 heteroatoms. The third kappa shape index (κ3) is 5.41. The molecule has 0 saturated heterocycles. The number of rotatable bonds is 7. The van der Waals surface area contributed by atoms with Crippen LogP contribution in [0.5, 0.6) is 0 Å². The Morgan fingerprint density at radius 3 is 2.28 bits per heavy atom. The highest BCUT2D eigenvalue weighted by Gasteiger charge is 2.23. The summed E-state index contributed by atoms with van der Waals surface area (Å²) in [7, 11) is -1.33. The predicted octanol–water partition coefficient (Wildman–Crippen LogP) is 2.67. The first-order valence-corrected chi connectivity index (χ1v) is 10.2. The number of aryl methyl sites for hydroxylation is 2. The van der Waals surface area contributed by atoms with Crippen LogP contribution in [0.3, 0.4) is 0 Å². The first-order valence-electron chi connectivity index (χ1n) is 8.78. The second-order valence-corrected chi connectivity index (χ2v) is 8.41. The van der Waals surface area contributed by atoms with Crippen molar-refractivity contribution in [1.82, 2.24) is 4.47 Å². The van der Waals surface area contributed by atoms with E-state index in [1.54, 1.807) is 0 Å². The maximum Gasteiger partial charge on any atom is 0.338 e. The maximum atomic E-state index is 12.3. The zero-order chi connectivity index (χ0) is 21.8. The van der Waals surface area contributed by atoms with Crippen molar-refractivity contribution in [2.24, 2.45) is 0 Å². The molecule has 0 saturated carbocycles. The van der Waals surface area contributed by atoms with E-state index in [0.717, 1.165) is 11.1 Å². The average molecular weight is 420 g/mol. The van der Waals surface area contributed by atoms with E-state index in [0.29, 0.717) is 10.2 Å². The van der Waals surface area contributed by atoms with Gasteiger partial charge in [-0.3, -0.25) is 9.63 Å². The highest BCUT2D eigenvalue weighted by atomic mass is 32.2. The van der Waals surface area contributed by atoms with Crippen LogP contribution in [0, 0.1) is 13.8 Å². The summed E-state index contributed by atoms with van der Waals surface area (Å²) in [5.74, 6) is -1.20. The molecular formula is C20H24N2O6S. The molecule has 0 aliphatic rings. The molecule has 0 spiro atoms. The van der Waals surface area contributed by atoms with Crippen molar-refractivity contribution >= 4 is 27.6 Å². The molecule has 2 aromatic rings. The number of benzene rings is 2. The molecule has 1 N–H and O–H groups in total. The van der Waals surface area contributed by atoms with Crippen LogP contribution in [0.15, 0.2) is 47.4 Å². The number of nitrogens with one attached hydrogen (secondary N) is 1. The Hall–Kier alpha value is -2.75. The first-order chi connectivity index (χ1) is 13.6. The molecule has 156 valence electrons. The van der Waals surface area contributed by atoms with Crippen LogP contribution in [0.25, 0.3) is 0 Å². The van der Waals surface area contributed by atoms with Crippen LogP contribution < -0.4 is 5.32 Å². The minimum atomic E-state index is -3.82. The minimum absolute atomic E-state index is 0.0425. The van der Waals surface area contributed by atoms with Crippen LogP contribution in [0.1, 0.15) is 28.4 Å². The summed E-state index contributed by atoms with van der Waals surface area (Å²) in [6.45, 7) is 5.24. The number of amides is 1. The number of esters is 1. The summed E-state index contributed by atoms with van der Waals surface area (Å²) >= 11 is 0. The van der Waals surface area contributed by atoms with Gasteiger partial charge in [0.25, 0.3) is 15.9 Å². The van der Waals surface area contributed by atoms with Crippen molar-refractivity contribution in [3.8, 4) is 0 Å². The molecule has 0 unspecified atom stereocenters. The summed E-state index contributed by atoms with van der Waals surface area (Å²) in [5.41, 5.74) is 2.65. The van der Waals surface area contributed by atoms with Gasteiger partial charge in [-0.05, 0) is 62.2 Å². The van der Waals surface area contributed by atoms with E-state index < -0.39 is 28.0 Å². The quantitative estimate of drug-likeness (QED) is 0.546. The molecule has 29 heavy (non-hydrogen) atoms. The molecule has 0 fully saturated rings. The lowest BCUT2D eigenvalue weighted by atomic mass is 10.1. The Balaban J connectivity index is 2.05. The predicted molar refractivity (Wildman–Crippen MR) is 108 cm³/mol. The van der Waals surface area contributed by atoms with Gasteiger partial charge in [-0.1, -0.05) is 16.6 Å². The van der Waals surface area contributed by atoms with Crippen molar-refractivity contribution in [2.75, 3.05) is 19.5 Å². The Kier molecular flexibility index (Phi) is 7.12. The second kappa shape index (κ2) is 9.17. The monoisotopic (exact) mass is 420 g/mol. The second-order valence-electron chi connectivity index (χ2n) is 6.48. The zero-order valence-corrected chi connectivity index (χ0v) is 17.7. The number of ether oxygens (including phenoxy) is 1. The van der Waals surface area contributed by atoms with Gasteiger partial charge in [0.1, 0.15) is 0 Å². The van der Waals surface area contributed by atoms with E-state index >= 15 is 0 Å². The average Bonchev–Trinajstić information content (AvgIpc) is 2.69. The van der Waals surface area contributed by atoms with E-state index in [1.165, 1.54) is 45.3 Å². The van der Waals surface area contributed by atoms with Crippen molar-refractivity contribution in [1.29, 1.82) is 0 Å². The number of anilines is 1. The van der Waals surface area contributed by atoms with Crippen LogP contribution >= 0.6 is 0 Å². The smallest absolute Gasteiger partial charge is 0.338 e. The van der Waals surface area contributed by atoms with Gasteiger partial charge in [0, 0.05) is 12.7 Å². The van der Waals surface area contributed by atoms with Gasteiger partial charge in [0.05, 0.1) is 17.6 Å². The Morgan fingerprint density at radius 2 is 1.69 bits per heavy atom. The van der Waals surface area contributed by atoms with Crippen molar-refractivity contribution in [3.05, 3.63) is 59.2 Å². The van der Waals surface area contributed by atoms with E-state index in [4.69, 9.17) is 9.57 Å². The molecule has 0 aliphatic carbocycles. The first kappa shape index (κ1) is 22.5. The fourth-order valence-electron chi connectivity index (χ4n) is 2.40. The molecule has 2 rings (SSSR count). The molecule has 2 aromatic carbocycles. The van der Waals surface area contributed by atoms with E-state index in [2.05, 4.69) is 5.32 Å². The Morgan fingerprint density at radius 1 is 1.07 bits per heavy atom. The molecule has 1 atom stereocenters. The van der Waals surface area contributed by atoms with Crippen LogP contribution in [-0.2, 0) is 24.4 Å². The third-order valence-electron chi connectivity index (χ3n) is 4.29. The number of nitrogens with zero attached hydrogens (tertiary/aromatic N) is 1. The summed E-state index contributed by atoms with van der Waals surface area (Å²) in [6.07, 6.45) is -1.04. The highest BCUT2D eigenvalue weighted by Crippen LogP contribution is 2.18. The summed E-state index contributed by atoms with van der Waals surface area (Å²) in [5, 5.41) is 2.74. The van der Waals surface area contributed by atoms with E-state index in [9.17, 15) is 18.0 Å². The van der Waals surface area contributed by atoms with E-state index in [1.807, 2.05) is 32.0 Å². The third-order valence-corrected chi connectivity index (χ3v) is 5.98. The van der Waals surface area contributed by atoms with E-state index in [-0.39, 0.29) is 10.5 Å². The van der Waals surface area contributed by atoms with Gasteiger partial charge < -0.3 is 10.1 Å². The number of carbonyl (C=O) groups is 2. The fraction of sp³-hybridized carbons (Fsp3) is 0.300. The van der Waals surface area contributed by atoms with Crippen LogP contribution in [0.2, 0.25) is 0 Å². The molecule has 0 radical (unpaired) electrons. The number of sulfonamides is 1. The summed E-state index contributed by atoms with van der Waals surface area (Å²) in [4.78, 5) is 29.3. The Bertz CT molecular complexity index is 1000.